The van der Waals surface area contributed by atoms with Gasteiger partial charge in [0.2, 0.25) is 15.9 Å². The van der Waals surface area contributed by atoms with E-state index in [1.165, 1.54) is 43.6 Å². The summed E-state index contributed by atoms with van der Waals surface area (Å²) in [4.78, 5) is 16.5. The average molecular weight is 525 g/mol. The summed E-state index contributed by atoms with van der Waals surface area (Å²) in [5.41, 5.74) is 2.57. The first-order valence-electron chi connectivity index (χ1n) is 11.8. The van der Waals surface area contributed by atoms with Gasteiger partial charge in [-0.15, -0.1) is 0 Å². The number of rotatable bonds is 7. The average Bonchev–Trinajstić information content (AvgIpc) is 3.00. The van der Waals surface area contributed by atoms with Crippen LogP contribution in [0.4, 0.5) is 18.9 Å². The highest BCUT2D eigenvalue weighted by Gasteiger charge is 2.47. The summed E-state index contributed by atoms with van der Waals surface area (Å²) in [5.74, 6) is -1.61. The number of halogens is 3. The topological polar surface area (TPSA) is 91.4 Å². The summed E-state index contributed by atoms with van der Waals surface area (Å²) in [7, 11) is -0.768. The van der Waals surface area contributed by atoms with Gasteiger partial charge in [0.15, 0.2) is 6.04 Å². The van der Waals surface area contributed by atoms with Gasteiger partial charge in [0.25, 0.3) is 0 Å². The Hall–Kier alpha value is -2.66. The molecule has 0 spiro atoms. The molecule has 11 heteroatoms. The molecule has 1 saturated carbocycles. The van der Waals surface area contributed by atoms with Crippen molar-refractivity contribution in [2.45, 2.75) is 62.0 Å². The van der Waals surface area contributed by atoms with Crippen LogP contribution in [0, 0.1) is 5.92 Å². The summed E-state index contributed by atoms with van der Waals surface area (Å²) < 4.78 is 66.8. The molecular formula is C25H31F3N4O3S. The first kappa shape index (κ1) is 26.4. The van der Waals surface area contributed by atoms with E-state index in [-0.39, 0.29) is 30.0 Å². The molecule has 196 valence electrons. The van der Waals surface area contributed by atoms with E-state index in [4.69, 9.17) is 0 Å². The molecule has 7 nitrogen and oxygen atoms in total. The highest BCUT2D eigenvalue weighted by molar-refractivity contribution is 7.89. The number of benzene rings is 1. The predicted octanol–water partition coefficient (Wildman–Crippen LogP) is 3.79. The molecule has 0 bridgehead atoms. The maximum Gasteiger partial charge on any atom is 0.414 e. The van der Waals surface area contributed by atoms with E-state index in [0.717, 1.165) is 10.7 Å². The maximum absolute atomic E-state index is 13.8. The minimum Gasteiger partial charge on any atom is -0.380 e. The van der Waals surface area contributed by atoms with Gasteiger partial charge in [0.1, 0.15) is 0 Å². The molecule has 2 atom stereocenters. The van der Waals surface area contributed by atoms with Gasteiger partial charge in [-0.1, -0.05) is 38.1 Å². The molecular weight excluding hydrogens is 493 g/mol. The lowest BCUT2D eigenvalue weighted by Gasteiger charge is -2.36. The van der Waals surface area contributed by atoms with Gasteiger partial charge in [-0.05, 0) is 42.5 Å². The van der Waals surface area contributed by atoms with Crippen molar-refractivity contribution in [1.82, 2.24) is 14.6 Å². The second-order valence-electron chi connectivity index (χ2n) is 10.4. The van der Waals surface area contributed by atoms with Crippen molar-refractivity contribution in [2.75, 3.05) is 19.4 Å². The van der Waals surface area contributed by atoms with Crippen molar-refractivity contribution in [2.24, 2.45) is 5.92 Å². The van der Waals surface area contributed by atoms with Gasteiger partial charge in [0.05, 0.1) is 22.8 Å². The fourth-order valence-corrected chi connectivity index (χ4v) is 6.54. The van der Waals surface area contributed by atoms with Crippen LogP contribution in [-0.2, 0) is 26.7 Å². The molecule has 0 saturated heterocycles. The lowest BCUT2D eigenvalue weighted by atomic mass is 9.83. The van der Waals surface area contributed by atoms with E-state index in [1.807, 2.05) is 17.4 Å². The maximum atomic E-state index is 13.8. The van der Waals surface area contributed by atoms with Crippen LogP contribution in [0.3, 0.4) is 0 Å². The Balaban J connectivity index is 1.42. The van der Waals surface area contributed by atoms with Crippen LogP contribution < -0.4 is 10.6 Å². The van der Waals surface area contributed by atoms with Crippen molar-refractivity contribution in [3.63, 3.8) is 0 Å². The van der Waals surface area contributed by atoms with Crippen LogP contribution in [0.2, 0.25) is 0 Å². The van der Waals surface area contributed by atoms with Crippen molar-refractivity contribution in [3.8, 4) is 0 Å². The third kappa shape index (κ3) is 4.95. The van der Waals surface area contributed by atoms with E-state index >= 15 is 0 Å². The van der Waals surface area contributed by atoms with Crippen LogP contribution in [0.25, 0.3) is 0 Å². The number of nitrogens with zero attached hydrogens (tertiary/aromatic N) is 2. The Morgan fingerprint density at radius 3 is 2.36 bits per heavy atom. The Labute approximate surface area is 209 Å². The van der Waals surface area contributed by atoms with Gasteiger partial charge < -0.3 is 10.6 Å². The van der Waals surface area contributed by atoms with Crippen LogP contribution in [-0.4, -0.2) is 55.2 Å². The highest BCUT2D eigenvalue weighted by atomic mass is 32.2. The van der Waals surface area contributed by atoms with Gasteiger partial charge in [-0.2, -0.15) is 13.2 Å². The zero-order valence-corrected chi connectivity index (χ0v) is 21.4. The largest absolute Gasteiger partial charge is 0.414 e. The molecule has 2 N–H and O–H groups in total. The molecule has 1 aromatic heterocycles. The number of carbonyl (C=O) groups excluding carboxylic acids is 1. The normalized spacial score (nSPS) is 24.1. The zero-order valence-electron chi connectivity index (χ0n) is 20.6. The molecule has 1 amide bonds. The number of pyridine rings is 1. The molecule has 4 rings (SSSR count). The molecule has 1 heterocycles. The first-order chi connectivity index (χ1) is 16.7. The number of nitrogens with one attached hydrogen (secondary N) is 2. The molecule has 1 fully saturated rings. The summed E-state index contributed by atoms with van der Waals surface area (Å²) >= 11 is 0. The van der Waals surface area contributed by atoms with E-state index in [9.17, 15) is 26.4 Å². The number of aromatic nitrogens is 1. The number of sulfonamides is 1. The number of fused-ring (bicyclic) bond motifs is 1. The lowest BCUT2D eigenvalue weighted by Crippen LogP contribution is -2.50. The Bertz CT molecular complexity index is 1220. The van der Waals surface area contributed by atoms with Gasteiger partial charge in [-0.25, -0.2) is 12.7 Å². The Morgan fingerprint density at radius 2 is 1.81 bits per heavy atom. The van der Waals surface area contributed by atoms with Crippen LogP contribution in [0.1, 0.15) is 49.6 Å². The monoisotopic (exact) mass is 524 g/mol. The van der Waals surface area contributed by atoms with Gasteiger partial charge in [-0.3, -0.25) is 9.78 Å². The molecule has 2 aliphatic carbocycles. The smallest absolute Gasteiger partial charge is 0.380 e. The molecule has 0 unspecified atom stereocenters. The molecule has 2 aliphatic rings. The van der Waals surface area contributed by atoms with E-state index in [0.29, 0.717) is 5.69 Å². The second-order valence-corrected chi connectivity index (χ2v) is 12.8. The second kappa shape index (κ2) is 9.33. The third-order valence-electron chi connectivity index (χ3n) is 7.44. The molecule has 36 heavy (non-hydrogen) atoms. The van der Waals surface area contributed by atoms with Crippen molar-refractivity contribution < 1.29 is 26.4 Å². The summed E-state index contributed by atoms with van der Waals surface area (Å²) in [6, 6.07) is 8.72. The minimum atomic E-state index is -4.76. The lowest BCUT2D eigenvalue weighted by molar-refractivity contribution is -0.166. The number of amides is 1. The molecule has 0 aliphatic heterocycles. The zero-order chi connectivity index (χ0) is 26.5. The summed E-state index contributed by atoms with van der Waals surface area (Å²) in [6.45, 7) is 4.25. The number of hydrogen-bond acceptors (Lipinski definition) is 5. The Morgan fingerprint density at radius 1 is 1.14 bits per heavy atom. The number of alkyl halides is 3. The summed E-state index contributed by atoms with van der Waals surface area (Å²) in [6.07, 6.45) is -2.63. The standard InChI is InChI=1S/C25H31F3N4O3S/c1-24(2)19-8-6-5-7-15(19)13-21(24)30-17-9-10-20(29-14-17)22(25(26,27)28)31-23(33)16-11-18(12-16)36(34,35)32(3)4/h5-10,14,16,18,21-22,30H,11-13H2,1-4H3,(H,31,33)/t16?,18?,21-,22-/m0/s1. The Kier molecular flexibility index (Phi) is 6.85. The van der Waals surface area contributed by atoms with E-state index in [1.54, 1.807) is 0 Å². The van der Waals surface area contributed by atoms with Crippen LogP contribution in [0.15, 0.2) is 42.6 Å². The number of carbonyl (C=O) groups is 1. The molecule has 2 aromatic rings. The number of anilines is 1. The fourth-order valence-electron chi connectivity index (χ4n) is 4.99. The van der Waals surface area contributed by atoms with E-state index < -0.39 is 39.3 Å². The SMILES string of the molecule is CN(C)S(=O)(=O)C1CC(C(=O)N[C@@H](c2ccc(N[C@H]3Cc4ccccc4C3(C)C)cn2)C(F)(F)F)C1. The van der Waals surface area contributed by atoms with Gasteiger partial charge >= 0.3 is 6.18 Å². The van der Waals surface area contributed by atoms with Crippen LogP contribution >= 0.6 is 0 Å². The van der Waals surface area contributed by atoms with Crippen LogP contribution in [0.5, 0.6) is 0 Å². The number of hydrogen-bond donors (Lipinski definition) is 2. The van der Waals surface area contributed by atoms with Crippen molar-refractivity contribution >= 4 is 21.6 Å². The van der Waals surface area contributed by atoms with E-state index in [2.05, 4.69) is 36.3 Å². The molecule has 1 aromatic carbocycles. The predicted molar refractivity (Wildman–Crippen MR) is 131 cm³/mol. The molecule has 0 radical (unpaired) electrons. The minimum absolute atomic E-state index is 0.00717. The van der Waals surface area contributed by atoms with Crippen molar-refractivity contribution in [3.05, 3.63) is 59.4 Å². The summed E-state index contributed by atoms with van der Waals surface area (Å²) in [5, 5.41) is 4.67. The highest BCUT2D eigenvalue weighted by Crippen LogP contribution is 2.40. The first-order valence-corrected chi connectivity index (χ1v) is 13.3. The van der Waals surface area contributed by atoms with Gasteiger partial charge in [0, 0.05) is 31.5 Å². The third-order valence-corrected chi connectivity index (χ3v) is 9.68. The quantitative estimate of drug-likeness (QED) is 0.575. The van der Waals surface area contributed by atoms with Crippen molar-refractivity contribution in [1.29, 1.82) is 0 Å². The fraction of sp³-hybridized carbons (Fsp3) is 0.520.